The van der Waals surface area contributed by atoms with Gasteiger partial charge in [0.1, 0.15) is 19.3 Å². The van der Waals surface area contributed by atoms with Crippen molar-refractivity contribution in [3.05, 3.63) is 85.1 Å². The van der Waals surface area contributed by atoms with Gasteiger partial charge in [-0.25, -0.2) is 9.13 Å². The minimum absolute atomic E-state index is 0.0738. The van der Waals surface area contributed by atoms with E-state index in [9.17, 15) is 43.2 Å². The van der Waals surface area contributed by atoms with Crippen molar-refractivity contribution in [1.82, 2.24) is 0 Å². The van der Waals surface area contributed by atoms with Gasteiger partial charge in [-0.3, -0.25) is 37.3 Å². The Morgan fingerprint density at radius 3 is 0.850 bits per heavy atom. The van der Waals surface area contributed by atoms with E-state index in [1.807, 2.05) is 0 Å². The highest BCUT2D eigenvalue weighted by atomic mass is 31.2. The molecule has 3 N–H and O–H groups in total. The van der Waals surface area contributed by atoms with Gasteiger partial charge in [0.05, 0.1) is 26.4 Å². The molecule has 0 aliphatic carbocycles. The van der Waals surface area contributed by atoms with E-state index in [-0.39, 0.29) is 25.7 Å². The molecule has 5 atom stereocenters. The standard InChI is InChI=1S/C81H144O17P2/c1-5-9-13-17-21-25-29-33-36-37-40-43-46-50-54-58-62-66-79(84)92-71-76(97-80(85)67-63-59-55-51-47-41-32-28-24-20-16-12-8-4)73-95-99(87,88)93-69-75(82)70-94-100(89,90)96-74-77(98-81(86)68-64-60-56-52-48-44-39-35-31-27-23-19-15-11-7-3)72-91-78(83)65-61-57-53-49-45-42-38-34-30-26-22-18-14-10-6-2/h9,13,16,20-21,25,28,32-34,36,38,40,43,75-77,82H,5-8,10-12,14-15,17-19,22-24,26-27,29-31,35,37,39,41-42,44-74H2,1-4H3,(H,87,88)(H,89,90)/b13-9-,20-16-,25-21-,32-28-,36-33-,38-34-,43-40-. The Hall–Kier alpha value is -3.76. The number of aliphatic hydroxyl groups is 1. The molecule has 17 nitrogen and oxygen atoms in total. The Morgan fingerprint density at radius 2 is 0.540 bits per heavy atom. The van der Waals surface area contributed by atoms with Crippen LogP contribution >= 0.6 is 15.6 Å². The highest BCUT2D eigenvalue weighted by molar-refractivity contribution is 7.47. The summed E-state index contributed by atoms with van der Waals surface area (Å²) in [5.74, 6) is -2.20. The van der Waals surface area contributed by atoms with Crippen LogP contribution in [0.15, 0.2) is 85.1 Å². The molecule has 580 valence electrons. The molecular weight excluding hydrogens is 1310 g/mol. The highest BCUT2D eigenvalue weighted by Crippen LogP contribution is 2.45. The van der Waals surface area contributed by atoms with E-state index in [0.717, 1.165) is 167 Å². The maximum Gasteiger partial charge on any atom is 0.472 e. The summed E-state index contributed by atoms with van der Waals surface area (Å²) in [6, 6.07) is 0. The molecule has 0 heterocycles. The smallest absolute Gasteiger partial charge is 0.462 e. The Kier molecular flexibility index (Phi) is 70.8. The fourth-order valence-electron chi connectivity index (χ4n) is 10.8. The van der Waals surface area contributed by atoms with Crippen molar-refractivity contribution >= 4 is 39.5 Å². The van der Waals surface area contributed by atoms with E-state index in [2.05, 4.69) is 113 Å². The van der Waals surface area contributed by atoms with Crippen molar-refractivity contribution in [2.24, 2.45) is 0 Å². The fraction of sp³-hybridized carbons (Fsp3) is 0.778. The number of esters is 4. The largest absolute Gasteiger partial charge is 0.472 e. The molecule has 0 radical (unpaired) electrons. The average Bonchev–Trinajstić information content (AvgIpc) is 0.965. The molecule has 0 aliphatic heterocycles. The van der Waals surface area contributed by atoms with Crippen LogP contribution in [0.1, 0.15) is 349 Å². The van der Waals surface area contributed by atoms with Gasteiger partial charge in [-0.1, -0.05) is 293 Å². The third-order valence-corrected chi connectivity index (χ3v) is 18.7. The van der Waals surface area contributed by atoms with Gasteiger partial charge in [0, 0.05) is 25.7 Å². The first-order chi connectivity index (χ1) is 48.7. The van der Waals surface area contributed by atoms with Crippen LogP contribution in [0.2, 0.25) is 0 Å². The van der Waals surface area contributed by atoms with Gasteiger partial charge in [-0.2, -0.15) is 0 Å². The van der Waals surface area contributed by atoms with Crippen molar-refractivity contribution < 1.29 is 80.2 Å². The number of hydrogen-bond donors (Lipinski definition) is 3. The first-order valence-corrected chi connectivity index (χ1v) is 42.8. The molecule has 0 aliphatic rings. The topological polar surface area (TPSA) is 237 Å². The first-order valence-electron chi connectivity index (χ1n) is 39.8. The lowest BCUT2D eigenvalue weighted by Gasteiger charge is -2.21. The van der Waals surface area contributed by atoms with Crippen LogP contribution in [0.3, 0.4) is 0 Å². The number of allylic oxidation sites excluding steroid dienone is 14. The second-order valence-corrected chi connectivity index (χ2v) is 29.5. The number of phosphoric acid groups is 2. The van der Waals surface area contributed by atoms with Gasteiger partial charge < -0.3 is 33.8 Å². The number of aliphatic hydroxyl groups excluding tert-OH is 1. The lowest BCUT2D eigenvalue weighted by molar-refractivity contribution is -0.161. The SMILES string of the molecule is CC/C=C\C/C=C\C/C=C\C/C=C\CCCCCCC(=O)OCC(COP(=O)(O)OCC(O)COP(=O)(O)OCC(COC(=O)CCCCCCC/C=C\CCCCCCCC)OC(=O)CCCCCCCCCCCCCCCCC)OC(=O)CCCCCCC/C=C\C/C=C\CCC. The monoisotopic (exact) mass is 1450 g/mol. The summed E-state index contributed by atoms with van der Waals surface area (Å²) in [5, 5.41) is 10.6. The molecule has 0 aromatic carbocycles. The molecule has 0 spiro atoms. The number of ether oxygens (including phenoxy) is 4. The maximum absolute atomic E-state index is 13.1. The maximum atomic E-state index is 13.1. The third-order valence-electron chi connectivity index (χ3n) is 16.8. The first kappa shape index (κ1) is 96.2. The number of phosphoric ester groups is 2. The molecule has 0 aromatic heterocycles. The normalized spacial score (nSPS) is 14.3. The molecule has 0 rings (SSSR count). The molecule has 100 heavy (non-hydrogen) atoms. The Bertz CT molecular complexity index is 2230. The molecule has 0 aromatic rings. The van der Waals surface area contributed by atoms with Crippen LogP contribution in [-0.4, -0.2) is 96.7 Å². The Labute approximate surface area is 608 Å². The van der Waals surface area contributed by atoms with Crippen LogP contribution in [0.25, 0.3) is 0 Å². The predicted octanol–water partition coefficient (Wildman–Crippen LogP) is 23.0. The number of hydrogen-bond acceptors (Lipinski definition) is 15. The summed E-state index contributed by atoms with van der Waals surface area (Å²) in [7, 11) is -9.96. The zero-order valence-electron chi connectivity index (χ0n) is 63.4. The van der Waals surface area contributed by atoms with Crippen molar-refractivity contribution in [2.45, 2.75) is 367 Å². The van der Waals surface area contributed by atoms with Crippen LogP contribution in [0.5, 0.6) is 0 Å². The number of rotatable bonds is 75. The zero-order chi connectivity index (χ0) is 73.2. The summed E-state index contributed by atoms with van der Waals surface area (Å²) in [4.78, 5) is 73.0. The molecule has 0 bridgehead atoms. The summed E-state index contributed by atoms with van der Waals surface area (Å²) in [5.41, 5.74) is 0. The van der Waals surface area contributed by atoms with E-state index in [1.54, 1.807) is 0 Å². The lowest BCUT2D eigenvalue weighted by Crippen LogP contribution is -2.30. The minimum atomic E-state index is -4.98. The molecular formula is C81H144O17P2. The second-order valence-electron chi connectivity index (χ2n) is 26.6. The fourth-order valence-corrected chi connectivity index (χ4v) is 12.4. The van der Waals surface area contributed by atoms with Gasteiger partial charge in [-0.15, -0.1) is 0 Å². The molecule has 0 saturated carbocycles. The summed E-state index contributed by atoms with van der Waals surface area (Å²) in [6.07, 6.45) is 75.6. The van der Waals surface area contributed by atoms with Gasteiger partial charge >= 0.3 is 39.5 Å². The average molecular weight is 1450 g/mol. The summed E-state index contributed by atoms with van der Waals surface area (Å²) in [6.45, 7) is 4.69. The van der Waals surface area contributed by atoms with Gasteiger partial charge in [-0.05, 0) is 116 Å². The molecule has 5 unspecified atom stereocenters. The van der Waals surface area contributed by atoms with Crippen LogP contribution in [-0.2, 0) is 65.4 Å². The molecule has 0 saturated heterocycles. The number of unbranched alkanes of at least 4 members (excludes halogenated alkanes) is 35. The number of carbonyl (C=O) groups is 4. The van der Waals surface area contributed by atoms with Crippen LogP contribution in [0.4, 0.5) is 0 Å². The van der Waals surface area contributed by atoms with Gasteiger partial charge in [0.2, 0.25) is 0 Å². The lowest BCUT2D eigenvalue weighted by atomic mass is 10.0. The van der Waals surface area contributed by atoms with E-state index in [0.29, 0.717) is 25.7 Å². The quantitative estimate of drug-likeness (QED) is 0.0169. The number of carbonyl (C=O) groups excluding carboxylic acids is 4. The zero-order valence-corrected chi connectivity index (χ0v) is 65.2. The molecule has 0 amide bonds. The molecule has 19 heteroatoms. The summed E-state index contributed by atoms with van der Waals surface area (Å²) < 4.78 is 68.6. The van der Waals surface area contributed by atoms with Gasteiger partial charge in [0.15, 0.2) is 12.2 Å². The molecule has 0 fully saturated rings. The predicted molar refractivity (Wildman–Crippen MR) is 409 cm³/mol. The van der Waals surface area contributed by atoms with E-state index >= 15 is 0 Å². The second kappa shape index (κ2) is 73.5. The van der Waals surface area contributed by atoms with E-state index < -0.39 is 97.5 Å². The van der Waals surface area contributed by atoms with E-state index in [4.69, 9.17) is 37.0 Å². The van der Waals surface area contributed by atoms with Gasteiger partial charge in [0.25, 0.3) is 0 Å². The van der Waals surface area contributed by atoms with E-state index in [1.165, 1.54) is 103 Å². The Balaban J connectivity index is 5.35. The Morgan fingerprint density at radius 1 is 0.290 bits per heavy atom. The van der Waals surface area contributed by atoms with Crippen LogP contribution < -0.4 is 0 Å². The summed E-state index contributed by atoms with van der Waals surface area (Å²) >= 11 is 0. The third kappa shape index (κ3) is 72.6. The van der Waals surface area contributed by atoms with Crippen molar-refractivity contribution in [3.63, 3.8) is 0 Å². The van der Waals surface area contributed by atoms with Crippen molar-refractivity contribution in [3.8, 4) is 0 Å². The van der Waals surface area contributed by atoms with Crippen molar-refractivity contribution in [1.29, 1.82) is 0 Å². The minimum Gasteiger partial charge on any atom is -0.462 e. The van der Waals surface area contributed by atoms with Crippen LogP contribution in [0, 0.1) is 0 Å². The van der Waals surface area contributed by atoms with Crippen molar-refractivity contribution in [2.75, 3.05) is 39.6 Å². The highest BCUT2D eigenvalue weighted by Gasteiger charge is 2.30.